The van der Waals surface area contributed by atoms with E-state index in [0.29, 0.717) is 5.69 Å². The molecule has 2 heterocycles. The number of aryl methyl sites for hydroxylation is 1. The Morgan fingerprint density at radius 3 is 2.71 bits per heavy atom. The summed E-state index contributed by atoms with van der Waals surface area (Å²) in [4.78, 5) is 4.11. The van der Waals surface area contributed by atoms with Gasteiger partial charge in [-0.05, 0) is 35.7 Å². The van der Waals surface area contributed by atoms with Gasteiger partial charge in [-0.2, -0.15) is 0 Å². The molecule has 0 amide bonds. The van der Waals surface area contributed by atoms with E-state index in [2.05, 4.69) is 15.3 Å². The molecular formula is C16H16N4O. The van der Waals surface area contributed by atoms with Crippen molar-refractivity contribution in [3.63, 3.8) is 0 Å². The van der Waals surface area contributed by atoms with Gasteiger partial charge in [-0.15, -0.1) is 5.10 Å². The molecule has 3 aromatic rings. The molecule has 5 nitrogen and oxygen atoms in total. The molecule has 2 aromatic heterocycles. The van der Waals surface area contributed by atoms with Crippen LogP contribution >= 0.6 is 0 Å². The highest BCUT2D eigenvalue weighted by atomic mass is 16.3. The number of benzene rings is 1. The van der Waals surface area contributed by atoms with Crippen molar-refractivity contribution < 1.29 is 5.11 Å². The number of hydrogen-bond acceptors (Lipinski definition) is 4. The van der Waals surface area contributed by atoms with Gasteiger partial charge >= 0.3 is 0 Å². The van der Waals surface area contributed by atoms with Gasteiger partial charge in [0.15, 0.2) is 0 Å². The van der Waals surface area contributed by atoms with Gasteiger partial charge in [0.1, 0.15) is 6.10 Å². The molecule has 5 heteroatoms. The second-order valence-corrected chi connectivity index (χ2v) is 4.74. The van der Waals surface area contributed by atoms with Crippen molar-refractivity contribution in [3.05, 3.63) is 71.8 Å². The average Bonchev–Trinajstić information content (AvgIpc) is 3.04. The zero-order chi connectivity index (χ0) is 14.7. The molecule has 0 fully saturated rings. The van der Waals surface area contributed by atoms with Crippen LogP contribution in [0.25, 0.3) is 5.69 Å². The molecular weight excluding hydrogens is 264 g/mol. The van der Waals surface area contributed by atoms with Crippen LogP contribution < -0.4 is 0 Å². The maximum absolute atomic E-state index is 10.7. The van der Waals surface area contributed by atoms with E-state index < -0.39 is 6.10 Å². The predicted octanol–water partition coefficient (Wildman–Crippen LogP) is 2.31. The van der Waals surface area contributed by atoms with Gasteiger partial charge in [0, 0.05) is 12.4 Å². The highest BCUT2D eigenvalue weighted by Gasteiger charge is 2.19. The SMILES string of the molecule is CCc1cnccc1C(O)c1cnnn1-c1ccccc1. The van der Waals surface area contributed by atoms with E-state index >= 15 is 0 Å². The fourth-order valence-electron chi connectivity index (χ4n) is 2.36. The van der Waals surface area contributed by atoms with Gasteiger partial charge in [0.05, 0.1) is 17.6 Å². The van der Waals surface area contributed by atoms with Crippen LogP contribution in [-0.2, 0) is 6.42 Å². The summed E-state index contributed by atoms with van der Waals surface area (Å²) in [5, 5.41) is 18.7. The summed E-state index contributed by atoms with van der Waals surface area (Å²) in [6.45, 7) is 2.04. The van der Waals surface area contributed by atoms with Crippen molar-refractivity contribution in [2.24, 2.45) is 0 Å². The number of pyridine rings is 1. The lowest BCUT2D eigenvalue weighted by Gasteiger charge is -2.15. The molecule has 1 N–H and O–H groups in total. The lowest BCUT2D eigenvalue weighted by molar-refractivity contribution is 0.210. The second-order valence-electron chi connectivity index (χ2n) is 4.74. The van der Waals surface area contributed by atoms with Crippen molar-refractivity contribution in [2.75, 3.05) is 0 Å². The smallest absolute Gasteiger partial charge is 0.123 e. The van der Waals surface area contributed by atoms with Crippen LogP contribution in [0.4, 0.5) is 0 Å². The lowest BCUT2D eigenvalue weighted by Crippen LogP contribution is -2.10. The van der Waals surface area contributed by atoms with E-state index in [4.69, 9.17) is 0 Å². The molecule has 0 saturated carbocycles. The quantitative estimate of drug-likeness (QED) is 0.796. The molecule has 0 spiro atoms. The van der Waals surface area contributed by atoms with Crippen molar-refractivity contribution in [1.29, 1.82) is 0 Å². The first-order valence-corrected chi connectivity index (χ1v) is 6.88. The molecule has 0 aliphatic heterocycles. The topological polar surface area (TPSA) is 63.8 Å². The summed E-state index contributed by atoms with van der Waals surface area (Å²) in [5.41, 5.74) is 3.37. The van der Waals surface area contributed by atoms with Crippen LogP contribution in [0, 0.1) is 0 Å². The van der Waals surface area contributed by atoms with Crippen LogP contribution in [0.3, 0.4) is 0 Å². The van der Waals surface area contributed by atoms with E-state index in [1.54, 1.807) is 23.3 Å². The zero-order valence-corrected chi connectivity index (χ0v) is 11.7. The predicted molar refractivity (Wildman–Crippen MR) is 79.0 cm³/mol. The molecule has 1 atom stereocenters. The number of para-hydroxylation sites is 1. The number of hydrogen-bond donors (Lipinski definition) is 1. The fraction of sp³-hybridized carbons (Fsp3) is 0.188. The molecule has 106 valence electrons. The van der Waals surface area contributed by atoms with E-state index in [0.717, 1.165) is 23.2 Å². The molecule has 0 radical (unpaired) electrons. The Hall–Kier alpha value is -2.53. The van der Waals surface area contributed by atoms with Crippen molar-refractivity contribution in [3.8, 4) is 5.69 Å². The fourth-order valence-corrected chi connectivity index (χ4v) is 2.36. The van der Waals surface area contributed by atoms with Crippen molar-refractivity contribution in [2.45, 2.75) is 19.4 Å². The first-order valence-electron chi connectivity index (χ1n) is 6.88. The summed E-state index contributed by atoms with van der Waals surface area (Å²) in [5.74, 6) is 0. The number of aliphatic hydroxyl groups is 1. The molecule has 0 bridgehead atoms. The van der Waals surface area contributed by atoms with Crippen molar-refractivity contribution >= 4 is 0 Å². The monoisotopic (exact) mass is 280 g/mol. The summed E-state index contributed by atoms with van der Waals surface area (Å²) < 4.78 is 1.66. The molecule has 3 rings (SSSR count). The Labute approximate surface area is 122 Å². The Morgan fingerprint density at radius 1 is 1.14 bits per heavy atom. The lowest BCUT2D eigenvalue weighted by atomic mass is 10.0. The third kappa shape index (κ3) is 2.55. The van der Waals surface area contributed by atoms with Gasteiger partial charge in [-0.3, -0.25) is 4.98 Å². The largest absolute Gasteiger partial charge is 0.382 e. The van der Waals surface area contributed by atoms with Crippen LogP contribution in [0.1, 0.15) is 29.8 Å². The van der Waals surface area contributed by atoms with Gasteiger partial charge in [0.2, 0.25) is 0 Å². The van der Waals surface area contributed by atoms with Gasteiger partial charge in [0.25, 0.3) is 0 Å². The van der Waals surface area contributed by atoms with E-state index in [1.165, 1.54) is 0 Å². The Balaban J connectivity index is 2.04. The van der Waals surface area contributed by atoms with Crippen molar-refractivity contribution in [1.82, 2.24) is 20.0 Å². The number of aromatic nitrogens is 4. The highest BCUT2D eigenvalue weighted by molar-refractivity contribution is 5.36. The maximum atomic E-state index is 10.7. The third-order valence-electron chi connectivity index (χ3n) is 3.47. The minimum Gasteiger partial charge on any atom is -0.382 e. The second kappa shape index (κ2) is 5.85. The molecule has 0 aliphatic rings. The highest BCUT2D eigenvalue weighted by Crippen LogP contribution is 2.25. The van der Waals surface area contributed by atoms with Crippen LogP contribution in [0.2, 0.25) is 0 Å². The van der Waals surface area contributed by atoms with E-state index in [1.807, 2.05) is 43.3 Å². The Morgan fingerprint density at radius 2 is 1.95 bits per heavy atom. The normalized spacial score (nSPS) is 12.3. The molecule has 21 heavy (non-hydrogen) atoms. The maximum Gasteiger partial charge on any atom is 0.123 e. The number of rotatable bonds is 4. The average molecular weight is 280 g/mol. The van der Waals surface area contributed by atoms with Gasteiger partial charge < -0.3 is 5.11 Å². The molecule has 0 aliphatic carbocycles. The van der Waals surface area contributed by atoms with Gasteiger partial charge in [-0.1, -0.05) is 30.3 Å². The molecule has 0 saturated heterocycles. The molecule has 1 unspecified atom stereocenters. The minimum atomic E-state index is -0.779. The summed E-state index contributed by atoms with van der Waals surface area (Å²) >= 11 is 0. The van der Waals surface area contributed by atoms with Gasteiger partial charge in [-0.25, -0.2) is 4.68 Å². The number of nitrogens with zero attached hydrogens (tertiary/aromatic N) is 4. The number of aliphatic hydroxyl groups excluding tert-OH is 1. The van der Waals surface area contributed by atoms with Crippen LogP contribution in [-0.4, -0.2) is 25.1 Å². The summed E-state index contributed by atoms with van der Waals surface area (Å²) in [6.07, 6.45) is 5.10. The van der Waals surface area contributed by atoms with Crippen LogP contribution in [0.15, 0.2) is 55.0 Å². The standard InChI is InChI=1S/C16H16N4O/c1-2-12-10-17-9-8-14(12)16(21)15-11-18-19-20(15)13-6-4-3-5-7-13/h3-11,16,21H,2H2,1H3. The first-order chi connectivity index (χ1) is 10.3. The third-order valence-corrected chi connectivity index (χ3v) is 3.47. The zero-order valence-electron chi connectivity index (χ0n) is 11.7. The molecule has 1 aromatic carbocycles. The Kier molecular flexibility index (Phi) is 3.75. The Bertz CT molecular complexity index is 724. The first kappa shape index (κ1) is 13.5. The van der Waals surface area contributed by atoms with E-state index in [-0.39, 0.29) is 0 Å². The van der Waals surface area contributed by atoms with E-state index in [9.17, 15) is 5.11 Å². The summed E-state index contributed by atoms with van der Waals surface area (Å²) in [7, 11) is 0. The van der Waals surface area contributed by atoms with Crippen LogP contribution in [0.5, 0.6) is 0 Å². The summed E-state index contributed by atoms with van der Waals surface area (Å²) in [6, 6.07) is 11.5. The minimum absolute atomic E-state index is 0.641.